The average molecular weight is 328 g/mol. The molecule has 0 aliphatic heterocycles. The fourth-order valence-electron chi connectivity index (χ4n) is 2.51. The number of nitrogens with two attached hydrogens (primary N) is 1. The molecule has 2 heterocycles. The number of hydrogen-bond acceptors (Lipinski definition) is 5. The van der Waals surface area contributed by atoms with Gasteiger partial charge in [-0.25, -0.2) is 14.4 Å². The van der Waals surface area contributed by atoms with Crippen molar-refractivity contribution >= 4 is 11.7 Å². The van der Waals surface area contributed by atoms with Crippen molar-refractivity contribution in [2.45, 2.75) is 19.4 Å². The summed E-state index contributed by atoms with van der Waals surface area (Å²) in [6.07, 6.45) is 3.67. The van der Waals surface area contributed by atoms with Crippen molar-refractivity contribution in [3.05, 3.63) is 54.2 Å². The van der Waals surface area contributed by atoms with Crippen molar-refractivity contribution in [2.24, 2.45) is 5.73 Å². The van der Waals surface area contributed by atoms with E-state index in [1.165, 1.54) is 12.1 Å². The molecule has 0 aliphatic carbocycles. The Morgan fingerprint density at radius 3 is 2.83 bits per heavy atom. The predicted octanol–water partition coefficient (Wildman–Crippen LogP) is 1.97. The van der Waals surface area contributed by atoms with E-state index >= 15 is 0 Å². The first-order chi connectivity index (χ1) is 11.6. The topological polar surface area (TPSA) is 82.5 Å². The number of carbonyl (C=O) groups excluding carboxylic acids is 1. The Morgan fingerprint density at radius 1 is 1.38 bits per heavy atom. The number of fused-ring (bicyclic) bond motifs is 1. The first-order valence-electron chi connectivity index (χ1n) is 7.60. The summed E-state index contributed by atoms with van der Waals surface area (Å²) in [4.78, 5) is 20.6. The molecular formula is C17H17FN4O2. The number of carbonyl (C=O) groups is 1. The molecule has 0 saturated carbocycles. The highest BCUT2D eigenvalue weighted by Gasteiger charge is 2.22. The molecule has 0 saturated heterocycles. The number of halogens is 1. The maximum absolute atomic E-state index is 13.2. The van der Waals surface area contributed by atoms with Crippen molar-refractivity contribution < 1.29 is 13.9 Å². The van der Waals surface area contributed by atoms with E-state index in [4.69, 9.17) is 10.5 Å². The molecule has 1 unspecified atom stereocenters. The van der Waals surface area contributed by atoms with E-state index in [-0.39, 0.29) is 18.8 Å². The van der Waals surface area contributed by atoms with Gasteiger partial charge in [-0.2, -0.15) is 0 Å². The number of esters is 1. The molecule has 0 radical (unpaired) electrons. The molecule has 1 aromatic carbocycles. The fraction of sp³-hybridized carbons (Fsp3) is 0.235. The molecule has 7 heteroatoms. The second kappa shape index (κ2) is 6.76. The van der Waals surface area contributed by atoms with Gasteiger partial charge in [0, 0.05) is 24.4 Å². The van der Waals surface area contributed by atoms with E-state index in [0.717, 1.165) is 11.3 Å². The van der Waals surface area contributed by atoms with Crippen LogP contribution in [0.3, 0.4) is 0 Å². The summed E-state index contributed by atoms with van der Waals surface area (Å²) in [6.45, 7) is 2.00. The van der Waals surface area contributed by atoms with Crippen LogP contribution in [-0.2, 0) is 16.0 Å². The largest absolute Gasteiger partial charge is 0.465 e. The van der Waals surface area contributed by atoms with Crippen LogP contribution >= 0.6 is 0 Å². The zero-order chi connectivity index (χ0) is 17.1. The average Bonchev–Trinajstić information content (AvgIpc) is 2.94. The van der Waals surface area contributed by atoms with E-state index in [1.54, 1.807) is 41.9 Å². The molecule has 24 heavy (non-hydrogen) atoms. The van der Waals surface area contributed by atoms with Crippen molar-refractivity contribution in [1.29, 1.82) is 0 Å². The fourth-order valence-corrected chi connectivity index (χ4v) is 2.51. The van der Waals surface area contributed by atoms with Gasteiger partial charge in [-0.1, -0.05) is 0 Å². The first-order valence-corrected chi connectivity index (χ1v) is 7.60. The van der Waals surface area contributed by atoms with Crippen LogP contribution in [0.5, 0.6) is 0 Å². The summed E-state index contributed by atoms with van der Waals surface area (Å²) in [5.74, 6) is -0.310. The van der Waals surface area contributed by atoms with Gasteiger partial charge in [0.2, 0.25) is 5.78 Å². The minimum absolute atomic E-state index is 0.235. The third kappa shape index (κ3) is 3.11. The van der Waals surface area contributed by atoms with E-state index in [1.807, 2.05) is 0 Å². The molecule has 1 atom stereocenters. The van der Waals surface area contributed by atoms with Crippen molar-refractivity contribution in [1.82, 2.24) is 14.4 Å². The van der Waals surface area contributed by atoms with E-state index in [2.05, 4.69) is 9.97 Å². The van der Waals surface area contributed by atoms with Crippen LogP contribution in [0.1, 0.15) is 12.6 Å². The molecule has 0 fully saturated rings. The molecule has 0 bridgehead atoms. The molecule has 124 valence electrons. The first kappa shape index (κ1) is 16.1. The van der Waals surface area contributed by atoms with Crippen LogP contribution < -0.4 is 5.73 Å². The predicted molar refractivity (Wildman–Crippen MR) is 86.7 cm³/mol. The highest BCUT2D eigenvalue weighted by molar-refractivity contribution is 5.76. The number of ether oxygens (including phenoxy) is 1. The molecular weight excluding hydrogens is 311 g/mol. The van der Waals surface area contributed by atoms with E-state index in [9.17, 15) is 9.18 Å². The number of imidazole rings is 1. The number of aromatic nitrogens is 3. The lowest BCUT2D eigenvalue weighted by Crippen LogP contribution is -2.34. The monoisotopic (exact) mass is 328 g/mol. The van der Waals surface area contributed by atoms with Gasteiger partial charge in [0.15, 0.2) is 0 Å². The highest BCUT2D eigenvalue weighted by Crippen LogP contribution is 2.25. The Hall–Kier alpha value is -2.80. The van der Waals surface area contributed by atoms with Crippen LogP contribution in [-0.4, -0.2) is 33.0 Å². The van der Waals surface area contributed by atoms with Gasteiger partial charge in [-0.05, 0) is 37.3 Å². The SMILES string of the molecule is CCOC(=O)C(N)Cc1c(-c2ccc(F)cc2)nc2ncccn12. The lowest BCUT2D eigenvalue weighted by atomic mass is 10.1. The summed E-state index contributed by atoms with van der Waals surface area (Å²) in [5, 5.41) is 0. The number of rotatable bonds is 5. The normalized spacial score (nSPS) is 12.3. The van der Waals surface area contributed by atoms with Gasteiger partial charge in [0.25, 0.3) is 0 Å². The Kier molecular flexibility index (Phi) is 4.52. The lowest BCUT2D eigenvalue weighted by molar-refractivity contribution is -0.144. The maximum Gasteiger partial charge on any atom is 0.323 e. The molecule has 6 nitrogen and oxygen atoms in total. The summed E-state index contributed by atoms with van der Waals surface area (Å²) in [5.41, 5.74) is 8.04. The van der Waals surface area contributed by atoms with Crippen LogP contribution in [0.4, 0.5) is 4.39 Å². The van der Waals surface area contributed by atoms with Gasteiger partial charge in [-0.3, -0.25) is 9.20 Å². The molecule has 0 aliphatic rings. The summed E-state index contributed by atoms with van der Waals surface area (Å²) in [7, 11) is 0. The molecule has 0 amide bonds. The molecule has 0 spiro atoms. The Balaban J connectivity index is 2.05. The third-order valence-corrected chi connectivity index (χ3v) is 3.62. The van der Waals surface area contributed by atoms with Gasteiger partial charge in [-0.15, -0.1) is 0 Å². The summed E-state index contributed by atoms with van der Waals surface area (Å²) >= 11 is 0. The van der Waals surface area contributed by atoms with E-state index < -0.39 is 12.0 Å². The minimum Gasteiger partial charge on any atom is -0.465 e. The Bertz CT molecular complexity index is 861. The van der Waals surface area contributed by atoms with Gasteiger partial charge >= 0.3 is 5.97 Å². The highest BCUT2D eigenvalue weighted by atomic mass is 19.1. The Labute approximate surface area is 138 Å². The van der Waals surface area contributed by atoms with Crippen molar-refractivity contribution in [3.8, 4) is 11.3 Å². The van der Waals surface area contributed by atoms with E-state index in [0.29, 0.717) is 11.5 Å². The quantitative estimate of drug-likeness (QED) is 0.724. The van der Waals surface area contributed by atoms with Gasteiger partial charge < -0.3 is 10.5 Å². The smallest absolute Gasteiger partial charge is 0.323 e. The zero-order valence-electron chi connectivity index (χ0n) is 13.1. The van der Waals surface area contributed by atoms with Crippen LogP contribution in [0.2, 0.25) is 0 Å². The van der Waals surface area contributed by atoms with Crippen molar-refractivity contribution in [3.63, 3.8) is 0 Å². The van der Waals surface area contributed by atoms with Crippen molar-refractivity contribution in [2.75, 3.05) is 6.61 Å². The number of benzene rings is 1. The summed E-state index contributed by atoms with van der Waals surface area (Å²) < 4.78 is 19.9. The second-order valence-corrected chi connectivity index (χ2v) is 5.27. The van der Waals surface area contributed by atoms with Crippen LogP contribution in [0, 0.1) is 5.82 Å². The number of hydrogen-bond donors (Lipinski definition) is 1. The lowest BCUT2D eigenvalue weighted by Gasteiger charge is -2.11. The second-order valence-electron chi connectivity index (χ2n) is 5.27. The van der Waals surface area contributed by atoms with Gasteiger partial charge in [0.05, 0.1) is 18.0 Å². The van der Waals surface area contributed by atoms with Crippen LogP contribution in [0.15, 0.2) is 42.7 Å². The standard InChI is InChI=1S/C17H17FN4O2/c1-2-24-16(23)13(19)10-14-15(11-4-6-12(18)7-5-11)21-17-20-8-3-9-22(14)17/h3-9,13H,2,10,19H2,1H3. The Morgan fingerprint density at radius 2 is 2.12 bits per heavy atom. The molecule has 2 aromatic heterocycles. The zero-order valence-corrected chi connectivity index (χ0v) is 13.1. The van der Waals surface area contributed by atoms with Gasteiger partial charge in [0.1, 0.15) is 11.9 Å². The third-order valence-electron chi connectivity index (χ3n) is 3.62. The van der Waals surface area contributed by atoms with Crippen LogP contribution in [0.25, 0.3) is 17.0 Å². The molecule has 2 N–H and O–H groups in total. The maximum atomic E-state index is 13.2. The minimum atomic E-state index is -0.816. The summed E-state index contributed by atoms with van der Waals surface area (Å²) in [6, 6.07) is 6.95. The molecule has 3 aromatic rings. The molecule has 3 rings (SSSR count). The number of nitrogens with zero attached hydrogens (tertiary/aromatic N) is 3.